The summed E-state index contributed by atoms with van der Waals surface area (Å²) in [6, 6.07) is 8.22. The third kappa shape index (κ3) is 4.47. The standard InChI is InChI=1S/C15H13Cl2NO3S/c1-9(14(19)18-8-11-3-2-6-22-11)21-15(20)10-4-5-12(16)13(17)7-10/h2-7,9H,8H2,1H3,(H,18,19)/t9-/m1/s1. The number of nitrogens with one attached hydrogen (secondary N) is 1. The minimum atomic E-state index is -0.901. The first-order valence-corrected chi connectivity index (χ1v) is 8.07. The summed E-state index contributed by atoms with van der Waals surface area (Å²) >= 11 is 13.2. The number of amides is 1. The van der Waals surface area contributed by atoms with Crippen LogP contribution in [0.5, 0.6) is 0 Å². The van der Waals surface area contributed by atoms with Crippen LogP contribution in [0, 0.1) is 0 Å². The van der Waals surface area contributed by atoms with Crippen LogP contribution in [0.1, 0.15) is 22.2 Å². The van der Waals surface area contributed by atoms with Crippen molar-refractivity contribution in [2.45, 2.75) is 19.6 Å². The Labute approximate surface area is 142 Å². The summed E-state index contributed by atoms with van der Waals surface area (Å²) in [7, 11) is 0. The fourth-order valence-electron chi connectivity index (χ4n) is 1.64. The van der Waals surface area contributed by atoms with Crippen molar-refractivity contribution >= 4 is 46.4 Å². The van der Waals surface area contributed by atoms with Crippen LogP contribution < -0.4 is 5.32 Å². The van der Waals surface area contributed by atoms with Crippen LogP contribution in [0.3, 0.4) is 0 Å². The van der Waals surface area contributed by atoms with E-state index in [4.69, 9.17) is 27.9 Å². The SMILES string of the molecule is C[C@@H](OC(=O)c1ccc(Cl)c(Cl)c1)C(=O)NCc1cccs1. The molecule has 1 amide bonds. The first kappa shape index (κ1) is 16.8. The van der Waals surface area contributed by atoms with E-state index in [0.29, 0.717) is 11.6 Å². The lowest BCUT2D eigenvalue weighted by Gasteiger charge is -2.13. The number of hydrogen-bond acceptors (Lipinski definition) is 4. The van der Waals surface area contributed by atoms with Gasteiger partial charge in [-0.25, -0.2) is 4.79 Å². The Balaban J connectivity index is 1.89. The molecule has 2 aromatic rings. The highest BCUT2D eigenvalue weighted by atomic mass is 35.5. The van der Waals surface area contributed by atoms with Crippen molar-refractivity contribution in [3.8, 4) is 0 Å². The molecule has 0 unspecified atom stereocenters. The molecular weight excluding hydrogens is 345 g/mol. The van der Waals surface area contributed by atoms with Crippen LogP contribution in [0.2, 0.25) is 10.0 Å². The van der Waals surface area contributed by atoms with E-state index in [1.54, 1.807) is 11.3 Å². The molecule has 1 aromatic heterocycles. The number of benzene rings is 1. The van der Waals surface area contributed by atoms with Crippen molar-refractivity contribution in [2.75, 3.05) is 0 Å². The average Bonchev–Trinajstić information content (AvgIpc) is 3.00. The molecule has 4 nitrogen and oxygen atoms in total. The molecule has 0 aliphatic rings. The second kappa shape index (κ2) is 7.63. The van der Waals surface area contributed by atoms with Gasteiger partial charge in [-0.15, -0.1) is 11.3 Å². The fraction of sp³-hybridized carbons (Fsp3) is 0.200. The summed E-state index contributed by atoms with van der Waals surface area (Å²) in [5, 5.41) is 5.24. The molecule has 0 bridgehead atoms. The summed E-state index contributed by atoms with van der Waals surface area (Å²) in [5.74, 6) is -0.987. The zero-order valence-electron chi connectivity index (χ0n) is 11.6. The Morgan fingerprint density at radius 3 is 2.68 bits per heavy atom. The molecule has 22 heavy (non-hydrogen) atoms. The Hall–Kier alpha value is -1.56. The molecule has 0 spiro atoms. The van der Waals surface area contributed by atoms with Gasteiger partial charge in [0.15, 0.2) is 6.10 Å². The Bertz CT molecular complexity index is 673. The predicted octanol–water partition coefficient (Wildman–Crippen LogP) is 3.92. The van der Waals surface area contributed by atoms with Gasteiger partial charge < -0.3 is 10.1 Å². The van der Waals surface area contributed by atoms with Crippen molar-refractivity contribution in [3.63, 3.8) is 0 Å². The van der Waals surface area contributed by atoms with Gasteiger partial charge in [0.05, 0.1) is 22.2 Å². The van der Waals surface area contributed by atoms with Gasteiger partial charge >= 0.3 is 5.97 Å². The first-order chi connectivity index (χ1) is 10.5. The van der Waals surface area contributed by atoms with Crippen molar-refractivity contribution in [3.05, 3.63) is 56.2 Å². The maximum Gasteiger partial charge on any atom is 0.338 e. The van der Waals surface area contributed by atoms with Gasteiger partial charge in [0.25, 0.3) is 5.91 Å². The predicted molar refractivity (Wildman–Crippen MR) is 87.5 cm³/mol. The number of carbonyl (C=O) groups is 2. The van der Waals surface area contributed by atoms with Crippen molar-refractivity contribution in [1.82, 2.24) is 5.32 Å². The number of hydrogen-bond donors (Lipinski definition) is 1. The van der Waals surface area contributed by atoms with Gasteiger partial charge in [0.1, 0.15) is 0 Å². The largest absolute Gasteiger partial charge is 0.449 e. The Morgan fingerprint density at radius 2 is 2.05 bits per heavy atom. The van der Waals surface area contributed by atoms with Gasteiger partial charge in [-0.3, -0.25) is 4.79 Å². The molecule has 116 valence electrons. The van der Waals surface area contributed by atoms with Crippen LogP contribution in [-0.4, -0.2) is 18.0 Å². The number of esters is 1. The van der Waals surface area contributed by atoms with Gasteiger partial charge in [-0.2, -0.15) is 0 Å². The average molecular weight is 358 g/mol. The van der Waals surface area contributed by atoms with Crippen LogP contribution >= 0.6 is 34.5 Å². The van der Waals surface area contributed by atoms with E-state index in [2.05, 4.69) is 5.32 Å². The minimum absolute atomic E-state index is 0.243. The van der Waals surface area contributed by atoms with E-state index in [-0.39, 0.29) is 16.5 Å². The quantitative estimate of drug-likeness (QED) is 0.825. The molecule has 0 fully saturated rings. The van der Waals surface area contributed by atoms with Gasteiger partial charge in [0.2, 0.25) is 0 Å². The molecular formula is C15H13Cl2NO3S. The zero-order chi connectivity index (χ0) is 16.1. The molecule has 1 heterocycles. The maximum atomic E-state index is 12.0. The van der Waals surface area contributed by atoms with Crippen LogP contribution in [0.25, 0.3) is 0 Å². The van der Waals surface area contributed by atoms with Crippen molar-refractivity contribution < 1.29 is 14.3 Å². The van der Waals surface area contributed by atoms with E-state index in [0.717, 1.165) is 4.88 Å². The molecule has 1 atom stereocenters. The second-order valence-electron chi connectivity index (χ2n) is 4.47. The molecule has 0 aliphatic carbocycles. The number of halogens is 2. The zero-order valence-corrected chi connectivity index (χ0v) is 14.0. The smallest absolute Gasteiger partial charge is 0.338 e. The summed E-state index contributed by atoms with van der Waals surface area (Å²) < 4.78 is 5.11. The van der Waals surface area contributed by atoms with E-state index in [1.165, 1.54) is 25.1 Å². The summed E-state index contributed by atoms with van der Waals surface area (Å²) in [5.41, 5.74) is 0.243. The lowest BCUT2D eigenvalue weighted by Crippen LogP contribution is -2.35. The normalized spacial score (nSPS) is 11.8. The van der Waals surface area contributed by atoms with E-state index in [1.807, 2.05) is 17.5 Å². The summed E-state index contributed by atoms with van der Waals surface area (Å²) in [6.07, 6.45) is -0.901. The molecule has 0 aliphatic heterocycles. The van der Waals surface area contributed by atoms with Crippen molar-refractivity contribution in [2.24, 2.45) is 0 Å². The van der Waals surface area contributed by atoms with Gasteiger partial charge in [-0.05, 0) is 36.6 Å². The fourth-order valence-corrected chi connectivity index (χ4v) is 2.58. The van der Waals surface area contributed by atoms with E-state index < -0.39 is 12.1 Å². The second-order valence-corrected chi connectivity index (χ2v) is 6.32. The lowest BCUT2D eigenvalue weighted by molar-refractivity contribution is -0.129. The summed E-state index contributed by atoms with van der Waals surface area (Å²) in [6.45, 7) is 1.92. The van der Waals surface area contributed by atoms with E-state index in [9.17, 15) is 9.59 Å². The van der Waals surface area contributed by atoms with Crippen LogP contribution in [0.4, 0.5) is 0 Å². The maximum absolute atomic E-state index is 12.0. The van der Waals surface area contributed by atoms with Gasteiger partial charge in [-0.1, -0.05) is 29.3 Å². The minimum Gasteiger partial charge on any atom is -0.449 e. The number of carbonyl (C=O) groups excluding carboxylic acids is 2. The highest BCUT2D eigenvalue weighted by Crippen LogP contribution is 2.23. The highest BCUT2D eigenvalue weighted by Gasteiger charge is 2.19. The monoisotopic (exact) mass is 357 g/mol. The van der Waals surface area contributed by atoms with Crippen LogP contribution in [0.15, 0.2) is 35.7 Å². The molecule has 0 saturated heterocycles. The number of thiophene rings is 1. The summed E-state index contributed by atoms with van der Waals surface area (Å²) in [4.78, 5) is 24.9. The highest BCUT2D eigenvalue weighted by molar-refractivity contribution is 7.09. The molecule has 0 saturated carbocycles. The molecule has 7 heteroatoms. The third-order valence-corrected chi connectivity index (χ3v) is 4.44. The Kier molecular flexibility index (Phi) is 5.83. The number of rotatable bonds is 5. The molecule has 1 N–H and O–H groups in total. The number of ether oxygens (including phenoxy) is 1. The third-order valence-electron chi connectivity index (χ3n) is 2.83. The molecule has 1 aromatic carbocycles. The first-order valence-electron chi connectivity index (χ1n) is 6.43. The van der Waals surface area contributed by atoms with E-state index >= 15 is 0 Å². The van der Waals surface area contributed by atoms with Crippen LogP contribution in [-0.2, 0) is 16.1 Å². The Morgan fingerprint density at radius 1 is 1.27 bits per heavy atom. The topological polar surface area (TPSA) is 55.4 Å². The lowest BCUT2D eigenvalue weighted by atomic mass is 10.2. The molecule has 0 radical (unpaired) electrons. The molecule has 2 rings (SSSR count). The van der Waals surface area contributed by atoms with Crippen molar-refractivity contribution in [1.29, 1.82) is 0 Å². The van der Waals surface area contributed by atoms with Gasteiger partial charge in [0, 0.05) is 4.88 Å².